The highest BCUT2D eigenvalue weighted by molar-refractivity contribution is 7.76. The fourth-order valence-electron chi connectivity index (χ4n) is 2.42. The summed E-state index contributed by atoms with van der Waals surface area (Å²) in [5.41, 5.74) is 1.74. The molecule has 108 valence electrons. The molecule has 1 heterocycles. The maximum absolute atomic E-state index is 11.4. The van der Waals surface area contributed by atoms with E-state index in [0.717, 1.165) is 17.7 Å². The number of nitrogens with one attached hydrogen (secondary N) is 1. The lowest BCUT2D eigenvalue weighted by Crippen LogP contribution is -2.47. The molecule has 1 rings (SSSR count). The summed E-state index contributed by atoms with van der Waals surface area (Å²) in [4.78, 5) is 11.0. The lowest BCUT2D eigenvalue weighted by molar-refractivity contribution is -0.119. The number of piperidine rings is 1. The fourth-order valence-corrected chi connectivity index (χ4v) is 3.25. The van der Waals surface area contributed by atoms with Gasteiger partial charge in [-0.2, -0.15) is 0 Å². The summed E-state index contributed by atoms with van der Waals surface area (Å²) in [5.74, 6) is -0.0162. The van der Waals surface area contributed by atoms with Crippen molar-refractivity contribution in [3.05, 3.63) is 23.4 Å². The number of hydrogen-bond acceptors (Lipinski definition) is 3. The van der Waals surface area contributed by atoms with Gasteiger partial charge in [-0.15, -0.1) is 0 Å². The van der Waals surface area contributed by atoms with Crippen molar-refractivity contribution in [3.8, 4) is 0 Å². The number of carbonyl (C=O) groups is 1. The van der Waals surface area contributed by atoms with Crippen LogP contribution in [0.4, 0.5) is 0 Å². The Kier molecular flexibility index (Phi) is 5.75. The normalized spacial score (nSPS) is 29.6. The molecule has 1 saturated heterocycles. The van der Waals surface area contributed by atoms with Crippen molar-refractivity contribution in [3.63, 3.8) is 0 Å². The van der Waals surface area contributed by atoms with Crippen molar-refractivity contribution >= 4 is 17.2 Å². The maximum atomic E-state index is 11.4. The average molecular weight is 285 g/mol. The first-order chi connectivity index (χ1) is 8.92. The van der Waals surface area contributed by atoms with Crippen LogP contribution in [0, 0.1) is 5.92 Å². The molecule has 5 nitrogen and oxygen atoms in total. The van der Waals surface area contributed by atoms with Gasteiger partial charge in [-0.05, 0) is 32.8 Å². The van der Waals surface area contributed by atoms with Crippen LogP contribution in [0.2, 0.25) is 0 Å². The summed E-state index contributed by atoms with van der Waals surface area (Å²) in [7, 11) is 0. The molecule has 0 aliphatic carbocycles. The fraction of sp³-hybridized carbons (Fsp3) is 0.615. The lowest BCUT2D eigenvalue weighted by atomic mass is 9.86. The van der Waals surface area contributed by atoms with E-state index in [-0.39, 0.29) is 17.9 Å². The van der Waals surface area contributed by atoms with E-state index in [1.54, 1.807) is 0 Å². The second-order valence-corrected chi connectivity index (χ2v) is 5.50. The molecule has 6 heteroatoms. The molecule has 1 N–H and O–H groups in total. The Morgan fingerprint density at radius 3 is 2.58 bits per heavy atom. The molecule has 1 fully saturated rings. The number of rotatable bonds is 3. The summed E-state index contributed by atoms with van der Waals surface area (Å²) in [6, 6.07) is -0.167. The van der Waals surface area contributed by atoms with E-state index in [1.165, 1.54) is 11.2 Å². The Labute approximate surface area is 117 Å². The minimum atomic E-state index is -2.31. The van der Waals surface area contributed by atoms with E-state index in [0.29, 0.717) is 6.54 Å². The smallest absolute Gasteiger partial charge is 0.216 e. The van der Waals surface area contributed by atoms with E-state index in [2.05, 4.69) is 5.32 Å². The van der Waals surface area contributed by atoms with Crippen LogP contribution in [0.25, 0.3) is 0 Å². The molecule has 0 aromatic carbocycles. The van der Waals surface area contributed by atoms with E-state index in [1.807, 2.05) is 32.9 Å². The molecule has 0 aromatic rings. The van der Waals surface area contributed by atoms with Crippen LogP contribution in [-0.2, 0) is 16.1 Å². The first-order valence-corrected chi connectivity index (χ1v) is 7.40. The highest BCUT2D eigenvalue weighted by Crippen LogP contribution is 2.35. The summed E-state index contributed by atoms with van der Waals surface area (Å²) >= 11 is -2.31. The van der Waals surface area contributed by atoms with Crippen LogP contribution in [0.5, 0.6) is 0 Å². The summed E-state index contributed by atoms with van der Waals surface area (Å²) in [5, 5.41) is 2.77. The minimum Gasteiger partial charge on any atom is -0.755 e. The summed E-state index contributed by atoms with van der Waals surface area (Å²) < 4.78 is 24.3. The van der Waals surface area contributed by atoms with E-state index in [4.69, 9.17) is 0 Å². The highest BCUT2D eigenvalue weighted by atomic mass is 32.2. The van der Waals surface area contributed by atoms with Gasteiger partial charge in [-0.25, -0.2) is 0 Å². The van der Waals surface area contributed by atoms with Crippen molar-refractivity contribution < 1.29 is 13.6 Å². The maximum Gasteiger partial charge on any atom is 0.216 e. The Balaban J connectivity index is 3.00. The van der Waals surface area contributed by atoms with Gasteiger partial charge in [-0.3, -0.25) is 13.3 Å². The summed E-state index contributed by atoms with van der Waals surface area (Å²) in [6.07, 6.45) is 4.52. The Bertz CT molecular complexity index is 432. The van der Waals surface area contributed by atoms with Crippen molar-refractivity contribution in [1.29, 1.82) is 0 Å². The van der Waals surface area contributed by atoms with Crippen LogP contribution >= 0.6 is 0 Å². The molecular weight excluding hydrogens is 264 g/mol. The van der Waals surface area contributed by atoms with Crippen LogP contribution < -0.4 is 5.32 Å². The molecule has 0 radical (unpaired) electrons. The molecule has 19 heavy (non-hydrogen) atoms. The first kappa shape index (κ1) is 15.9. The van der Waals surface area contributed by atoms with Crippen LogP contribution in [-0.4, -0.2) is 31.6 Å². The topological polar surface area (TPSA) is 72.5 Å². The predicted molar refractivity (Wildman–Crippen MR) is 74.5 cm³/mol. The van der Waals surface area contributed by atoms with Crippen LogP contribution in [0.15, 0.2) is 23.4 Å². The van der Waals surface area contributed by atoms with Crippen molar-refractivity contribution in [2.45, 2.75) is 40.2 Å². The average Bonchev–Trinajstić information content (AvgIpc) is 2.35. The van der Waals surface area contributed by atoms with Gasteiger partial charge in [-0.1, -0.05) is 12.2 Å². The third kappa shape index (κ3) is 3.67. The van der Waals surface area contributed by atoms with Gasteiger partial charge in [0.1, 0.15) is 0 Å². The van der Waals surface area contributed by atoms with Gasteiger partial charge in [0.25, 0.3) is 0 Å². The highest BCUT2D eigenvalue weighted by Gasteiger charge is 2.33. The van der Waals surface area contributed by atoms with Crippen molar-refractivity contribution in [2.24, 2.45) is 5.92 Å². The lowest BCUT2D eigenvalue weighted by Gasteiger charge is -2.44. The number of carbonyl (C=O) groups excluding carboxylic acids is 1. The molecule has 1 amide bonds. The number of amides is 1. The molecule has 1 aliphatic rings. The second kappa shape index (κ2) is 6.86. The van der Waals surface area contributed by atoms with Crippen LogP contribution in [0.3, 0.4) is 0 Å². The molecule has 0 bridgehead atoms. The van der Waals surface area contributed by atoms with Gasteiger partial charge in [0.2, 0.25) is 5.91 Å². The van der Waals surface area contributed by atoms with E-state index < -0.39 is 11.3 Å². The molecule has 1 unspecified atom stereocenters. The molecule has 0 spiro atoms. The van der Waals surface area contributed by atoms with Crippen molar-refractivity contribution in [2.75, 3.05) is 6.54 Å². The molecular formula is C13H21N2O3S-. The molecule has 0 aromatic heterocycles. The van der Waals surface area contributed by atoms with Crippen molar-refractivity contribution in [1.82, 2.24) is 9.62 Å². The Hall–Kier alpha value is -1.14. The Morgan fingerprint density at radius 1 is 1.53 bits per heavy atom. The first-order valence-electron chi connectivity index (χ1n) is 6.37. The molecule has 0 saturated carbocycles. The quantitative estimate of drug-likeness (QED) is 0.798. The Morgan fingerprint density at radius 2 is 2.16 bits per heavy atom. The zero-order chi connectivity index (χ0) is 14.6. The minimum absolute atomic E-state index is 0.0803. The second-order valence-electron chi connectivity index (χ2n) is 4.67. The monoisotopic (exact) mass is 285 g/mol. The van der Waals surface area contributed by atoms with Gasteiger partial charge >= 0.3 is 0 Å². The standard InChI is InChI=1S/C13H22N2O3S/c1-5-11-7-12(8-14-10(4)16)9(3)15(19(17)18)13(11)6-2/h5-6,9,12H,7-8H2,1-4H3,(H,14,16)(H,17,18)/p-1/b11-5-,13-6+/t9-,12+/m1/s1. The molecule has 1 aliphatic heterocycles. The van der Waals surface area contributed by atoms with Gasteiger partial charge in [0.05, 0.1) is 0 Å². The SMILES string of the molecule is C/C=C1/C[C@@H](CNC(C)=O)[C@@H](C)N(S(=O)[O-])/C1=C/C. The number of hydrogen-bond donors (Lipinski definition) is 1. The largest absolute Gasteiger partial charge is 0.755 e. The van der Waals surface area contributed by atoms with Crippen LogP contribution in [0.1, 0.15) is 34.1 Å². The number of nitrogens with zero attached hydrogens (tertiary/aromatic N) is 1. The summed E-state index contributed by atoms with van der Waals surface area (Å²) in [6.45, 7) is 7.55. The van der Waals surface area contributed by atoms with E-state index >= 15 is 0 Å². The molecule has 3 atom stereocenters. The number of allylic oxidation sites excluding steroid dienone is 3. The third-order valence-corrected chi connectivity index (χ3v) is 4.35. The van der Waals surface area contributed by atoms with Gasteiger partial charge < -0.3 is 9.87 Å². The zero-order valence-corrected chi connectivity index (χ0v) is 12.6. The third-order valence-electron chi connectivity index (χ3n) is 3.50. The van der Waals surface area contributed by atoms with Gasteiger partial charge in [0, 0.05) is 42.4 Å². The zero-order valence-electron chi connectivity index (χ0n) is 11.8. The van der Waals surface area contributed by atoms with Gasteiger partial charge in [0.15, 0.2) is 0 Å². The predicted octanol–water partition coefficient (Wildman–Crippen LogP) is 1.48. The van der Waals surface area contributed by atoms with E-state index in [9.17, 15) is 13.6 Å².